The molecule has 1 fully saturated rings. The minimum Gasteiger partial charge on any atom is -0.480 e. The lowest BCUT2D eigenvalue weighted by Crippen LogP contribution is -2.37. The van der Waals surface area contributed by atoms with Gasteiger partial charge in [0.1, 0.15) is 17.5 Å². The second-order valence-corrected chi connectivity index (χ2v) is 4.57. The molecule has 0 aromatic carbocycles. The first-order valence-electron chi connectivity index (χ1n) is 6.15. The number of carbonyl (C=O) groups is 1. The molecule has 1 aliphatic heterocycles. The lowest BCUT2D eigenvalue weighted by atomic mass is 10.2. The van der Waals surface area contributed by atoms with Crippen LogP contribution in [0.1, 0.15) is 12.8 Å². The summed E-state index contributed by atoms with van der Waals surface area (Å²) >= 11 is 0. The maximum atomic E-state index is 12.0. The van der Waals surface area contributed by atoms with Crippen molar-refractivity contribution in [1.82, 2.24) is 9.38 Å². The van der Waals surface area contributed by atoms with Crippen LogP contribution in [-0.2, 0) is 4.79 Å². The molecule has 0 bridgehead atoms. The molecule has 1 N–H and O–H groups in total. The molecule has 19 heavy (non-hydrogen) atoms. The molecule has 1 aliphatic rings. The Kier molecular flexibility index (Phi) is 2.70. The molecule has 3 heterocycles. The normalized spacial score (nSPS) is 18.9. The topological polar surface area (TPSA) is 74.9 Å². The third-order valence-corrected chi connectivity index (χ3v) is 3.39. The standard InChI is InChI=1S/C13H13N3O3/c17-12-8-11(14-10-5-1-2-6-16(10)12)15-7-3-4-9(15)13(18)19/h1-2,5-6,8-9H,3-4,7H2,(H,18,19)/t9-/m1/s1. The lowest BCUT2D eigenvalue weighted by molar-refractivity contribution is -0.138. The molecule has 0 amide bonds. The largest absolute Gasteiger partial charge is 0.480 e. The first-order chi connectivity index (χ1) is 9.16. The number of fused-ring (bicyclic) bond motifs is 1. The van der Waals surface area contributed by atoms with E-state index < -0.39 is 12.0 Å². The summed E-state index contributed by atoms with van der Waals surface area (Å²) in [6.07, 6.45) is 3.03. The van der Waals surface area contributed by atoms with Crippen LogP contribution in [0.15, 0.2) is 35.3 Å². The minimum absolute atomic E-state index is 0.198. The van der Waals surface area contributed by atoms with Crippen LogP contribution in [0, 0.1) is 0 Å². The van der Waals surface area contributed by atoms with E-state index in [4.69, 9.17) is 0 Å². The number of rotatable bonds is 2. The van der Waals surface area contributed by atoms with Crippen molar-refractivity contribution in [2.45, 2.75) is 18.9 Å². The summed E-state index contributed by atoms with van der Waals surface area (Å²) in [5.41, 5.74) is 0.331. The van der Waals surface area contributed by atoms with Crippen LogP contribution in [-0.4, -0.2) is 33.0 Å². The molecular formula is C13H13N3O3. The maximum Gasteiger partial charge on any atom is 0.326 e. The molecule has 6 nitrogen and oxygen atoms in total. The second-order valence-electron chi connectivity index (χ2n) is 4.57. The molecular weight excluding hydrogens is 246 g/mol. The molecule has 98 valence electrons. The molecule has 2 aromatic heterocycles. The van der Waals surface area contributed by atoms with Gasteiger partial charge in [0, 0.05) is 18.8 Å². The van der Waals surface area contributed by atoms with Gasteiger partial charge in [0.15, 0.2) is 0 Å². The number of carboxylic acid groups (broad SMARTS) is 1. The van der Waals surface area contributed by atoms with Gasteiger partial charge >= 0.3 is 5.97 Å². The van der Waals surface area contributed by atoms with Crippen molar-refractivity contribution >= 4 is 17.4 Å². The molecule has 0 radical (unpaired) electrons. The van der Waals surface area contributed by atoms with Gasteiger partial charge in [-0.25, -0.2) is 9.78 Å². The van der Waals surface area contributed by atoms with E-state index in [-0.39, 0.29) is 5.56 Å². The zero-order valence-electron chi connectivity index (χ0n) is 10.2. The number of aromatic nitrogens is 2. The Morgan fingerprint density at radius 2 is 2.26 bits per heavy atom. The van der Waals surface area contributed by atoms with Crippen molar-refractivity contribution in [3.63, 3.8) is 0 Å². The first kappa shape index (κ1) is 11.7. The summed E-state index contributed by atoms with van der Waals surface area (Å²) in [6.45, 7) is 0.617. The number of anilines is 1. The highest BCUT2D eigenvalue weighted by Crippen LogP contribution is 2.23. The molecule has 0 spiro atoms. The summed E-state index contributed by atoms with van der Waals surface area (Å²) in [5.74, 6) is -0.423. The molecule has 1 saturated heterocycles. The number of hydrogen-bond acceptors (Lipinski definition) is 4. The number of nitrogens with zero attached hydrogens (tertiary/aromatic N) is 3. The number of aliphatic carboxylic acids is 1. The van der Waals surface area contributed by atoms with Gasteiger partial charge in [-0.05, 0) is 25.0 Å². The van der Waals surface area contributed by atoms with Crippen LogP contribution in [0.5, 0.6) is 0 Å². The fraction of sp³-hybridized carbons (Fsp3) is 0.308. The van der Waals surface area contributed by atoms with Crippen LogP contribution in [0.25, 0.3) is 5.65 Å². The fourth-order valence-corrected chi connectivity index (χ4v) is 2.49. The SMILES string of the molecule is O=C(O)[C@H]1CCCN1c1cc(=O)n2ccccc2n1. The Labute approximate surface area is 108 Å². The van der Waals surface area contributed by atoms with Crippen LogP contribution in [0.4, 0.5) is 5.82 Å². The third-order valence-electron chi connectivity index (χ3n) is 3.39. The molecule has 2 aromatic rings. The average Bonchev–Trinajstić information content (AvgIpc) is 2.88. The van der Waals surface area contributed by atoms with Gasteiger partial charge < -0.3 is 10.0 Å². The number of hydrogen-bond donors (Lipinski definition) is 1. The molecule has 0 unspecified atom stereocenters. The Hall–Kier alpha value is -2.37. The van der Waals surface area contributed by atoms with Crippen molar-refractivity contribution in [3.05, 3.63) is 40.8 Å². The van der Waals surface area contributed by atoms with E-state index in [1.165, 1.54) is 10.5 Å². The zero-order chi connectivity index (χ0) is 13.4. The average molecular weight is 259 g/mol. The monoisotopic (exact) mass is 259 g/mol. The molecule has 3 rings (SSSR count). The van der Waals surface area contributed by atoms with Crippen LogP contribution in [0.3, 0.4) is 0 Å². The van der Waals surface area contributed by atoms with Gasteiger partial charge in [-0.2, -0.15) is 0 Å². The number of pyridine rings is 1. The Morgan fingerprint density at radius 1 is 1.42 bits per heavy atom. The highest BCUT2D eigenvalue weighted by atomic mass is 16.4. The summed E-state index contributed by atoms with van der Waals surface area (Å²) in [5, 5.41) is 9.17. The van der Waals surface area contributed by atoms with Gasteiger partial charge in [-0.15, -0.1) is 0 Å². The highest BCUT2D eigenvalue weighted by molar-refractivity contribution is 5.78. The highest BCUT2D eigenvalue weighted by Gasteiger charge is 2.31. The Balaban J connectivity index is 2.10. The number of carboxylic acids is 1. The molecule has 6 heteroatoms. The van der Waals surface area contributed by atoms with Crippen molar-refractivity contribution in [1.29, 1.82) is 0 Å². The lowest BCUT2D eigenvalue weighted by Gasteiger charge is -2.22. The third kappa shape index (κ3) is 1.95. The van der Waals surface area contributed by atoms with E-state index in [0.717, 1.165) is 6.42 Å². The van der Waals surface area contributed by atoms with Crippen LogP contribution < -0.4 is 10.5 Å². The van der Waals surface area contributed by atoms with Crippen molar-refractivity contribution in [2.75, 3.05) is 11.4 Å². The summed E-state index contributed by atoms with van der Waals surface area (Å²) in [7, 11) is 0. The summed E-state index contributed by atoms with van der Waals surface area (Å²) in [4.78, 5) is 29.2. The van der Waals surface area contributed by atoms with E-state index in [0.29, 0.717) is 24.4 Å². The van der Waals surface area contributed by atoms with Gasteiger partial charge in [0.2, 0.25) is 0 Å². The molecule has 0 saturated carbocycles. The van der Waals surface area contributed by atoms with Gasteiger partial charge in [-0.1, -0.05) is 6.07 Å². The van der Waals surface area contributed by atoms with Gasteiger partial charge in [0.25, 0.3) is 5.56 Å². The molecule has 1 atom stereocenters. The predicted molar refractivity (Wildman–Crippen MR) is 69.5 cm³/mol. The van der Waals surface area contributed by atoms with E-state index in [1.54, 1.807) is 29.3 Å². The quantitative estimate of drug-likeness (QED) is 0.861. The van der Waals surface area contributed by atoms with E-state index in [2.05, 4.69) is 4.98 Å². The Morgan fingerprint density at radius 3 is 3.05 bits per heavy atom. The fourth-order valence-electron chi connectivity index (χ4n) is 2.49. The zero-order valence-corrected chi connectivity index (χ0v) is 10.2. The first-order valence-corrected chi connectivity index (χ1v) is 6.15. The van der Waals surface area contributed by atoms with Crippen molar-refractivity contribution < 1.29 is 9.90 Å². The van der Waals surface area contributed by atoms with Crippen LogP contribution in [0.2, 0.25) is 0 Å². The maximum absolute atomic E-state index is 12.0. The summed E-state index contributed by atoms with van der Waals surface area (Å²) < 4.78 is 1.44. The molecule has 0 aliphatic carbocycles. The van der Waals surface area contributed by atoms with Crippen LogP contribution >= 0.6 is 0 Å². The van der Waals surface area contributed by atoms with E-state index >= 15 is 0 Å². The summed E-state index contributed by atoms with van der Waals surface area (Å²) in [6, 6.07) is 6.10. The van der Waals surface area contributed by atoms with E-state index in [1.807, 2.05) is 0 Å². The second kappa shape index (κ2) is 4.38. The van der Waals surface area contributed by atoms with Gasteiger partial charge in [-0.3, -0.25) is 9.20 Å². The van der Waals surface area contributed by atoms with Crippen molar-refractivity contribution in [2.24, 2.45) is 0 Å². The van der Waals surface area contributed by atoms with Crippen molar-refractivity contribution in [3.8, 4) is 0 Å². The van der Waals surface area contributed by atoms with E-state index in [9.17, 15) is 14.7 Å². The Bertz CT molecular complexity index is 695. The minimum atomic E-state index is -0.868. The smallest absolute Gasteiger partial charge is 0.326 e. The van der Waals surface area contributed by atoms with Gasteiger partial charge in [0.05, 0.1) is 0 Å². The predicted octanol–water partition coefficient (Wildman–Crippen LogP) is 0.748.